The van der Waals surface area contributed by atoms with Crippen LogP contribution in [-0.2, 0) is 0 Å². The fourth-order valence-electron chi connectivity index (χ4n) is 1.71. The zero-order valence-corrected chi connectivity index (χ0v) is 12.4. The lowest BCUT2D eigenvalue weighted by atomic mass is 10.1. The molecule has 0 fully saturated rings. The van der Waals surface area contributed by atoms with Crippen molar-refractivity contribution in [2.45, 2.75) is 6.92 Å². The molecule has 7 heteroatoms. The molecule has 0 unspecified atom stereocenters. The standard InChI is InChI=1S/C14H10Cl2N2O3/c1-8-2-5-12(11(16)6-8)17-14(19)9-3-4-10(15)13(7-9)18(20)21/h2-7H,1H3,(H,17,19). The van der Waals surface area contributed by atoms with E-state index in [0.29, 0.717) is 10.7 Å². The van der Waals surface area contributed by atoms with Crippen LogP contribution in [0.4, 0.5) is 11.4 Å². The van der Waals surface area contributed by atoms with Crippen molar-refractivity contribution in [3.05, 3.63) is 67.7 Å². The third-order valence-corrected chi connectivity index (χ3v) is 3.41. The Bertz CT molecular complexity index is 732. The van der Waals surface area contributed by atoms with Gasteiger partial charge in [-0.25, -0.2) is 0 Å². The lowest BCUT2D eigenvalue weighted by molar-refractivity contribution is -0.384. The minimum absolute atomic E-state index is 0.0232. The Morgan fingerprint density at radius 2 is 1.86 bits per heavy atom. The maximum Gasteiger partial charge on any atom is 0.288 e. The van der Waals surface area contributed by atoms with Gasteiger partial charge in [-0.1, -0.05) is 29.3 Å². The Balaban J connectivity index is 2.28. The van der Waals surface area contributed by atoms with Gasteiger partial charge in [-0.15, -0.1) is 0 Å². The number of nitrogens with zero attached hydrogens (tertiary/aromatic N) is 1. The molecule has 1 amide bonds. The van der Waals surface area contributed by atoms with E-state index >= 15 is 0 Å². The fourth-order valence-corrected chi connectivity index (χ4v) is 2.18. The molecule has 5 nitrogen and oxygen atoms in total. The van der Waals surface area contributed by atoms with E-state index in [2.05, 4.69) is 5.32 Å². The maximum absolute atomic E-state index is 12.1. The minimum atomic E-state index is -0.641. The molecule has 21 heavy (non-hydrogen) atoms. The summed E-state index contributed by atoms with van der Waals surface area (Å²) in [6.45, 7) is 1.88. The van der Waals surface area contributed by atoms with Crippen LogP contribution in [0.25, 0.3) is 0 Å². The van der Waals surface area contributed by atoms with E-state index in [0.717, 1.165) is 11.6 Å². The predicted octanol–water partition coefficient (Wildman–Crippen LogP) is 4.46. The number of amides is 1. The van der Waals surface area contributed by atoms with Crippen molar-refractivity contribution in [2.75, 3.05) is 5.32 Å². The molecule has 0 aliphatic heterocycles. The molecular formula is C14H10Cl2N2O3. The second-order valence-corrected chi connectivity index (χ2v) is 5.18. The van der Waals surface area contributed by atoms with Crippen molar-refractivity contribution in [2.24, 2.45) is 0 Å². The summed E-state index contributed by atoms with van der Waals surface area (Å²) in [4.78, 5) is 22.3. The van der Waals surface area contributed by atoms with Crippen LogP contribution in [0.2, 0.25) is 10.0 Å². The molecule has 0 heterocycles. The first kappa shape index (κ1) is 15.3. The normalized spacial score (nSPS) is 10.2. The predicted molar refractivity (Wildman–Crippen MR) is 82.2 cm³/mol. The third-order valence-electron chi connectivity index (χ3n) is 2.78. The molecule has 0 spiro atoms. The van der Waals surface area contributed by atoms with E-state index < -0.39 is 10.8 Å². The van der Waals surface area contributed by atoms with Crippen LogP contribution in [0.5, 0.6) is 0 Å². The van der Waals surface area contributed by atoms with Crippen LogP contribution < -0.4 is 5.32 Å². The van der Waals surface area contributed by atoms with Gasteiger partial charge in [-0.2, -0.15) is 0 Å². The molecule has 0 saturated heterocycles. The van der Waals surface area contributed by atoms with Gasteiger partial charge >= 0.3 is 0 Å². The molecule has 0 saturated carbocycles. The van der Waals surface area contributed by atoms with Crippen molar-refractivity contribution in [1.82, 2.24) is 0 Å². The Labute approximate surface area is 130 Å². The summed E-state index contributed by atoms with van der Waals surface area (Å²) < 4.78 is 0. The van der Waals surface area contributed by atoms with Gasteiger partial charge in [-0.3, -0.25) is 14.9 Å². The SMILES string of the molecule is Cc1ccc(NC(=O)c2ccc(Cl)c([N+](=O)[O-])c2)c(Cl)c1. The number of halogens is 2. The van der Waals surface area contributed by atoms with Gasteiger partial charge in [-0.05, 0) is 36.8 Å². The van der Waals surface area contributed by atoms with E-state index in [-0.39, 0.29) is 16.3 Å². The van der Waals surface area contributed by atoms with Crippen molar-refractivity contribution in [3.8, 4) is 0 Å². The number of nitro groups is 1. The third kappa shape index (κ3) is 3.51. The Hall–Kier alpha value is -2.11. The number of nitrogens with one attached hydrogen (secondary N) is 1. The second-order valence-electron chi connectivity index (χ2n) is 4.36. The zero-order chi connectivity index (χ0) is 15.6. The molecule has 0 aromatic heterocycles. The van der Waals surface area contributed by atoms with Crippen LogP contribution in [0.1, 0.15) is 15.9 Å². The number of nitro benzene ring substituents is 1. The van der Waals surface area contributed by atoms with Crippen LogP contribution in [0.3, 0.4) is 0 Å². The van der Waals surface area contributed by atoms with Crippen molar-refractivity contribution >= 4 is 40.5 Å². The smallest absolute Gasteiger partial charge is 0.288 e. The summed E-state index contributed by atoms with van der Waals surface area (Å²) in [6, 6.07) is 9.02. The molecule has 0 aliphatic carbocycles. The quantitative estimate of drug-likeness (QED) is 0.669. The van der Waals surface area contributed by atoms with Crippen molar-refractivity contribution in [1.29, 1.82) is 0 Å². The van der Waals surface area contributed by atoms with Gasteiger partial charge in [0.1, 0.15) is 5.02 Å². The first-order valence-electron chi connectivity index (χ1n) is 5.90. The Morgan fingerprint density at radius 1 is 1.14 bits per heavy atom. The van der Waals surface area contributed by atoms with Gasteiger partial charge in [0.15, 0.2) is 0 Å². The van der Waals surface area contributed by atoms with Crippen molar-refractivity contribution in [3.63, 3.8) is 0 Å². The largest absolute Gasteiger partial charge is 0.321 e. The molecular weight excluding hydrogens is 315 g/mol. The van der Waals surface area contributed by atoms with Crippen LogP contribution in [0.15, 0.2) is 36.4 Å². The average molecular weight is 325 g/mol. The minimum Gasteiger partial charge on any atom is -0.321 e. The monoisotopic (exact) mass is 324 g/mol. The summed E-state index contributed by atoms with van der Waals surface area (Å²) in [5.41, 5.74) is 1.20. The number of anilines is 1. The van der Waals surface area contributed by atoms with E-state index in [1.807, 2.05) is 6.92 Å². The molecule has 0 bridgehead atoms. The summed E-state index contributed by atoms with van der Waals surface area (Å²) in [7, 11) is 0. The van der Waals surface area contributed by atoms with E-state index in [1.54, 1.807) is 18.2 Å². The van der Waals surface area contributed by atoms with Gasteiger partial charge in [0.25, 0.3) is 11.6 Å². The maximum atomic E-state index is 12.1. The van der Waals surface area contributed by atoms with Gasteiger partial charge < -0.3 is 5.32 Å². The van der Waals surface area contributed by atoms with Gasteiger partial charge in [0.2, 0.25) is 0 Å². The Kier molecular flexibility index (Phi) is 4.45. The number of carbonyl (C=O) groups excluding carboxylic acids is 1. The molecule has 2 aromatic carbocycles. The van der Waals surface area contributed by atoms with Crippen LogP contribution in [0, 0.1) is 17.0 Å². The van der Waals surface area contributed by atoms with Crippen LogP contribution >= 0.6 is 23.2 Å². The highest BCUT2D eigenvalue weighted by Gasteiger charge is 2.16. The molecule has 0 aliphatic rings. The first-order chi connectivity index (χ1) is 9.88. The highest BCUT2D eigenvalue weighted by atomic mass is 35.5. The number of aryl methyl sites for hydroxylation is 1. The summed E-state index contributed by atoms with van der Waals surface area (Å²) in [5.74, 6) is -0.500. The lowest BCUT2D eigenvalue weighted by Gasteiger charge is -2.08. The highest BCUT2D eigenvalue weighted by molar-refractivity contribution is 6.34. The van der Waals surface area contributed by atoms with E-state index in [1.165, 1.54) is 12.1 Å². The van der Waals surface area contributed by atoms with Gasteiger partial charge in [0.05, 0.1) is 15.6 Å². The number of carbonyl (C=O) groups is 1. The number of rotatable bonds is 3. The molecule has 1 N–H and O–H groups in total. The topological polar surface area (TPSA) is 72.2 Å². The zero-order valence-electron chi connectivity index (χ0n) is 10.9. The summed E-state index contributed by atoms with van der Waals surface area (Å²) in [5, 5.41) is 13.8. The lowest BCUT2D eigenvalue weighted by Crippen LogP contribution is -2.12. The second kappa shape index (κ2) is 6.11. The Morgan fingerprint density at radius 3 is 2.48 bits per heavy atom. The highest BCUT2D eigenvalue weighted by Crippen LogP contribution is 2.27. The fraction of sp³-hybridized carbons (Fsp3) is 0.0714. The molecule has 108 valence electrons. The number of hydrogen-bond acceptors (Lipinski definition) is 3. The molecule has 0 atom stereocenters. The van der Waals surface area contributed by atoms with Crippen LogP contribution in [-0.4, -0.2) is 10.8 Å². The van der Waals surface area contributed by atoms with Crippen molar-refractivity contribution < 1.29 is 9.72 Å². The van der Waals surface area contributed by atoms with E-state index in [4.69, 9.17) is 23.2 Å². The molecule has 2 rings (SSSR count). The molecule has 2 aromatic rings. The average Bonchev–Trinajstić information content (AvgIpc) is 2.42. The number of benzene rings is 2. The summed E-state index contributed by atoms with van der Waals surface area (Å²) in [6.07, 6.45) is 0. The van der Waals surface area contributed by atoms with Gasteiger partial charge in [0, 0.05) is 11.6 Å². The first-order valence-corrected chi connectivity index (χ1v) is 6.65. The number of hydrogen-bond donors (Lipinski definition) is 1. The van der Waals surface area contributed by atoms with E-state index in [9.17, 15) is 14.9 Å². The summed E-state index contributed by atoms with van der Waals surface area (Å²) >= 11 is 11.7. The molecule has 0 radical (unpaired) electrons.